The minimum Gasteiger partial charge on any atom is -0.495 e. The quantitative estimate of drug-likeness (QED) is 0.731. The van der Waals surface area contributed by atoms with Crippen LogP contribution in [0.25, 0.3) is 0 Å². The lowest BCUT2D eigenvalue weighted by molar-refractivity contribution is -0.137. The Balaban J connectivity index is 1.38. The van der Waals surface area contributed by atoms with Crippen LogP contribution in [0.15, 0.2) is 48.5 Å². The molecule has 8 heteroatoms. The van der Waals surface area contributed by atoms with Crippen LogP contribution < -0.4 is 9.64 Å². The molecule has 0 N–H and O–H groups in total. The third-order valence-electron chi connectivity index (χ3n) is 5.81. The maximum atomic E-state index is 13.1. The van der Waals surface area contributed by atoms with E-state index in [2.05, 4.69) is 0 Å². The molecule has 2 fully saturated rings. The van der Waals surface area contributed by atoms with E-state index in [1.54, 1.807) is 45.0 Å². The molecule has 2 aromatic carbocycles. The number of hydrogen-bond donors (Lipinski definition) is 0. The fourth-order valence-electron chi connectivity index (χ4n) is 4.13. The summed E-state index contributed by atoms with van der Waals surface area (Å²) in [6.45, 7) is 2.17. The van der Waals surface area contributed by atoms with E-state index in [0.29, 0.717) is 48.2 Å². The van der Waals surface area contributed by atoms with Crippen molar-refractivity contribution in [3.8, 4) is 5.75 Å². The van der Waals surface area contributed by atoms with Crippen LogP contribution in [0.4, 0.5) is 5.69 Å². The van der Waals surface area contributed by atoms with Gasteiger partial charge in [0.1, 0.15) is 5.75 Å². The SMILES string of the molecule is COc1ccc(Cl)cc1N1CC(C(=O)N2CCN(C(=O)c3ccccc3)CC2)CC1=O. The van der Waals surface area contributed by atoms with Crippen molar-refractivity contribution in [2.75, 3.05) is 44.7 Å². The van der Waals surface area contributed by atoms with Gasteiger partial charge in [0.2, 0.25) is 11.8 Å². The highest BCUT2D eigenvalue weighted by Gasteiger charge is 2.39. The number of halogens is 1. The van der Waals surface area contributed by atoms with Crippen LogP contribution in [0.2, 0.25) is 5.02 Å². The van der Waals surface area contributed by atoms with Crippen molar-refractivity contribution < 1.29 is 19.1 Å². The number of carbonyl (C=O) groups is 3. The third-order valence-corrected chi connectivity index (χ3v) is 6.04. The zero-order chi connectivity index (χ0) is 22.0. The average Bonchev–Trinajstić information content (AvgIpc) is 3.20. The maximum absolute atomic E-state index is 13.1. The number of carbonyl (C=O) groups excluding carboxylic acids is 3. The molecular formula is C23H24ClN3O4. The molecule has 0 aliphatic carbocycles. The van der Waals surface area contributed by atoms with Crippen LogP contribution in [0.5, 0.6) is 5.75 Å². The maximum Gasteiger partial charge on any atom is 0.253 e. The van der Waals surface area contributed by atoms with Crippen LogP contribution in [0.3, 0.4) is 0 Å². The molecule has 1 atom stereocenters. The second kappa shape index (κ2) is 8.98. The Hall–Kier alpha value is -3.06. The van der Waals surface area contributed by atoms with Crippen LogP contribution in [0, 0.1) is 5.92 Å². The number of ether oxygens (including phenoxy) is 1. The molecule has 0 aromatic heterocycles. The van der Waals surface area contributed by atoms with E-state index in [1.165, 1.54) is 7.11 Å². The van der Waals surface area contributed by atoms with Crippen molar-refractivity contribution in [1.29, 1.82) is 0 Å². The lowest BCUT2D eigenvalue weighted by atomic mass is 10.1. The average molecular weight is 442 g/mol. The van der Waals surface area contributed by atoms with Crippen LogP contribution in [0.1, 0.15) is 16.8 Å². The summed E-state index contributed by atoms with van der Waals surface area (Å²) in [7, 11) is 1.53. The van der Waals surface area contributed by atoms with Gasteiger partial charge in [0.05, 0.1) is 18.7 Å². The van der Waals surface area contributed by atoms with Crippen molar-refractivity contribution in [3.05, 3.63) is 59.1 Å². The van der Waals surface area contributed by atoms with Gasteiger partial charge >= 0.3 is 0 Å². The Morgan fingerprint density at radius 2 is 1.68 bits per heavy atom. The molecule has 162 valence electrons. The van der Waals surface area contributed by atoms with Crippen LogP contribution in [-0.2, 0) is 9.59 Å². The number of hydrogen-bond acceptors (Lipinski definition) is 4. The smallest absolute Gasteiger partial charge is 0.253 e. The van der Waals surface area contributed by atoms with Crippen molar-refractivity contribution in [2.45, 2.75) is 6.42 Å². The van der Waals surface area contributed by atoms with Gasteiger partial charge in [0.15, 0.2) is 0 Å². The van der Waals surface area contributed by atoms with Crippen molar-refractivity contribution in [3.63, 3.8) is 0 Å². The lowest BCUT2D eigenvalue weighted by Crippen LogP contribution is -2.52. The zero-order valence-corrected chi connectivity index (χ0v) is 18.0. The minimum absolute atomic E-state index is 0.0250. The highest BCUT2D eigenvalue weighted by Crippen LogP contribution is 2.35. The van der Waals surface area contributed by atoms with Gasteiger partial charge in [-0.25, -0.2) is 0 Å². The van der Waals surface area contributed by atoms with Crippen molar-refractivity contribution in [2.24, 2.45) is 5.92 Å². The Labute approximate surface area is 186 Å². The Bertz CT molecular complexity index is 990. The molecule has 0 radical (unpaired) electrons. The van der Waals surface area contributed by atoms with E-state index in [0.717, 1.165) is 0 Å². The summed E-state index contributed by atoms with van der Waals surface area (Å²) in [6, 6.07) is 14.2. The van der Waals surface area contributed by atoms with E-state index in [1.807, 2.05) is 18.2 Å². The minimum atomic E-state index is -0.424. The molecule has 2 aromatic rings. The lowest BCUT2D eigenvalue weighted by Gasteiger charge is -2.36. The normalized spacial score (nSPS) is 19.0. The number of methoxy groups -OCH3 is 1. The summed E-state index contributed by atoms with van der Waals surface area (Å²) >= 11 is 6.10. The standard InChI is InChI=1S/C23H24ClN3O4/c1-31-20-8-7-18(24)14-19(20)27-15-17(13-21(27)28)23(30)26-11-9-25(10-12-26)22(29)16-5-3-2-4-6-16/h2-8,14,17H,9-13,15H2,1H3. The number of amides is 3. The van der Waals surface area contributed by atoms with Crippen LogP contribution in [-0.4, -0.2) is 67.4 Å². The predicted octanol–water partition coefficient (Wildman–Crippen LogP) is 2.69. The summed E-state index contributed by atoms with van der Waals surface area (Å²) in [4.78, 5) is 43.4. The molecule has 4 rings (SSSR count). The summed E-state index contributed by atoms with van der Waals surface area (Å²) < 4.78 is 5.36. The Morgan fingerprint density at radius 3 is 2.35 bits per heavy atom. The van der Waals surface area contributed by atoms with Gasteiger partial charge in [-0.3, -0.25) is 14.4 Å². The second-order valence-corrected chi connectivity index (χ2v) is 8.14. The van der Waals surface area contributed by atoms with Crippen molar-refractivity contribution in [1.82, 2.24) is 9.80 Å². The monoisotopic (exact) mass is 441 g/mol. The first kappa shape index (κ1) is 21.2. The largest absolute Gasteiger partial charge is 0.495 e. The van der Waals surface area contributed by atoms with E-state index in [4.69, 9.17) is 16.3 Å². The molecule has 2 heterocycles. The first-order chi connectivity index (χ1) is 15.0. The van der Waals surface area contributed by atoms with Gasteiger partial charge in [0.25, 0.3) is 5.91 Å². The summed E-state index contributed by atoms with van der Waals surface area (Å²) in [5.41, 5.74) is 1.23. The van der Waals surface area contributed by atoms with Gasteiger partial charge in [-0.2, -0.15) is 0 Å². The summed E-state index contributed by atoms with van der Waals surface area (Å²) in [5.74, 6) is -0.0881. The van der Waals surface area contributed by atoms with E-state index in [9.17, 15) is 14.4 Å². The first-order valence-corrected chi connectivity index (χ1v) is 10.6. The van der Waals surface area contributed by atoms with E-state index < -0.39 is 5.92 Å². The topological polar surface area (TPSA) is 70.2 Å². The molecule has 1 unspecified atom stereocenters. The molecule has 2 aliphatic heterocycles. The van der Waals surface area contributed by atoms with Gasteiger partial charge in [-0.05, 0) is 30.3 Å². The zero-order valence-electron chi connectivity index (χ0n) is 17.3. The molecule has 0 bridgehead atoms. The van der Waals surface area contributed by atoms with Gasteiger partial charge in [-0.1, -0.05) is 29.8 Å². The molecule has 0 saturated carbocycles. The van der Waals surface area contributed by atoms with Gasteiger partial charge < -0.3 is 19.4 Å². The van der Waals surface area contributed by atoms with E-state index in [-0.39, 0.29) is 30.7 Å². The Kier molecular flexibility index (Phi) is 6.13. The predicted molar refractivity (Wildman–Crippen MR) is 117 cm³/mol. The molecule has 2 saturated heterocycles. The third kappa shape index (κ3) is 4.37. The fourth-order valence-corrected chi connectivity index (χ4v) is 4.30. The molecule has 7 nitrogen and oxygen atoms in total. The first-order valence-electron chi connectivity index (χ1n) is 10.2. The van der Waals surface area contributed by atoms with Crippen LogP contribution >= 0.6 is 11.6 Å². The number of piperazine rings is 1. The fraction of sp³-hybridized carbons (Fsp3) is 0.348. The Morgan fingerprint density at radius 1 is 1.00 bits per heavy atom. The molecule has 0 spiro atoms. The van der Waals surface area contributed by atoms with Gasteiger partial charge in [0, 0.05) is 49.7 Å². The number of benzene rings is 2. The van der Waals surface area contributed by atoms with E-state index >= 15 is 0 Å². The highest BCUT2D eigenvalue weighted by atomic mass is 35.5. The number of anilines is 1. The van der Waals surface area contributed by atoms with Crippen molar-refractivity contribution >= 4 is 35.0 Å². The molecule has 31 heavy (non-hydrogen) atoms. The molecule has 3 amide bonds. The number of nitrogens with zero attached hydrogens (tertiary/aromatic N) is 3. The molecule has 2 aliphatic rings. The summed E-state index contributed by atoms with van der Waals surface area (Å²) in [5, 5.41) is 0.498. The number of rotatable bonds is 4. The second-order valence-electron chi connectivity index (χ2n) is 7.71. The summed E-state index contributed by atoms with van der Waals surface area (Å²) in [6.07, 6.45) is 0.150. The molecular weight excluding hydrogens is 418 g/mol. The van der Waals surface area contributed by atoms with Gasteiger partial charge in [-0.15, -0.1) is 0 Å². The highest BCUT2D eigenvalue weighted by molar-refractivity contribution is 6.31.